The first-order chi connectivity index (χ1) is 16.5. The molecular weight excluding hydrogens is 463 g/mol. The number of alkyl halides is 3. The van der Waals surface area contributed by atoms with Gasteiger partial charge in [0.25, 0.3) is 5.56 Å². The summed E-state index contributed by atoms with van der Waals surface area (Å²) < 4.78 is 43.4. The molecule has 0 aliphatic heterocycles. The van der Waals surface area contributed by atoms with E-state index in [0.29, 0.717) is 17.8 Å². The number of hydrogen-bond donors (Lipinski definition) is 2. The number of nitrogens with one attached hydrogen (secondary N) is 1. The SMILES string of the molecule is CC(C)Cn1c(N)c(C(=NCc2ccc(OC(F)(F)F)cc2)Nc2ccccc2)c(=O)n(C)c1=O. The Kier molecular flexibility index (Phi) is 7.68. The van der Waals surface area contributed by atoms with Crippen LogP contribution >= 0.6 is 0 Å². The van der Waals surface area contributed by atoms with E-state index in [-0.39, 0.29) is 35.4 Å². The van der Waals surface area contributed by atoms with Gasteiger partial charge in [-0.2, -0.15) is 0 Å². The van der Waals surface area contributed by atoms with Crippen LogP contribution in [-0.2, 0) is 20.1 Å². The summed E-state index contributed by atoms with van der Waals surface area (Å²) in [6.07, 6.45) is -4.79. The summed E-state index contributed by atoms with van der Waals surface area (Å²) in [6, 6.07) is 14.2. The van der Waals surface area contributed by atoms with E-state index in [2.05, 4.69) is 15.0 Å². The molecule has 8 nitrogen and oxygen atoms in total. The molecule has 3 N–H and O–H groups in total. The van der Waals surface area contributed by atoms with Crippen molar-refractivity contribution in [3.05, 3.63) is 86.6 Å². The molecule has 2 aromatic carbocycles. The molecule has 11 heteroatoms. The van der Waals surface area contributed by atoms with Gasteiger partial charge in [-0.15, -0.1) is 13.2 Å². The maximum Gasteiger partial charge on any atom is 0.573 e. The average molecular weight is 489 g/mol. The van der Waals surface area contributed by atoms with Crippen LogP contribution < -0.4 is 27.0 Å². The second kappa shape index (κ2) is 10.5. The van der Waals surface area contributed by atoms with Gasteiger partial charge in [-0.25, -0.2) is 4.79 Å². The third kappa shape index (κ3) is 6.52. The molecule has 1 heterocycles. The summed E-state index contributed by atoms with van der Waals surface area (Å²) >= 11 is 0. The molecule has 0 atom stereocenters. The fraction of sp³-hybridized carbons (Fsp3) is 0.292. The highest BCUT2D eigenvalue weighted by molar-refractivity contribution is 6.10. The molecule has 3 rings (SSSR count). The van der Waals surface area contributed by atoms with Gasteiger partial charge in [0.15, 0.2) is 0 Å². The molecule has 0 radical (unpaired) electrons. The summed E-state index contributed by atoms with van der Waals surface area (Å²) in [6.45, 7) is 4.15. The summed E-state index contributed by atoms with van der Waals surface area (Å²) in [5.74, 6) is -0.169. The van der Waals surface area contributed by atoms with Crippen LogP contribution in [0.4, 0.5) is 24.7 Å². The number of nitrogens with zero attached hydrogens (tertiary/aromatic N) is 3. The van der Waals surface area contributed by atoms with Crippen LogP contribution in [0.5, 0.6) is 5.75 Å². The van der Waals surface area contributed by atoms with E-state index in [9.17, 15) is 22.8 Å². The smallest absolute Gasteiger partial charge is 0.406 e. The standard InChI is InChI=1S/C24H26F3N5O3/c1-15(2)14-32-20(28)19(22(33)31(3)23(32)34)21(30-17-7-5-4-6-8-17)29-13-16-9-11-18(12-10-16)35-24(25,26)27/h4-12,15H,13-14,28H2,1-3H3,(H,29,30). The number of amidine groups is 1. The number of hydrogen-bond acceptors (Lipinski definition) is 5. The lowest BCUT2D eigenvalue weighted by Gasteiger charge is -2.18. The van der Waals surface area contributed by atoms with Crippen molar-refractivity contribution in [1.82, 2.24) is 9.13 Å². The van der Waals surface area contributed by atoms with E-state index in [1.165, 1.54) is 35.9 Å². The Morgan fingerprint density at radius 1 is 1.09 bits per heavy atom. The van der Waals surface area contributed by atoms with Crippen molar-refractivity contribution in [3.8, 4) is 5.75 Å². The fourth-order valence-electron chi connectivity index (χ4n) is 3.35. The Labute approximate surface area is 199 Å². The largest absolute Gasteiger partial charge is 0.573 e. The Hall–Kier alpha value is -4.02. The van der Waals surface area contributed by atoms with Crippen LogP contribution in [0.3, 0.4) is 0 Å². The number of rotatable bonds is 7. The normalized spacial score (nSPS) is 12.1. The van der Waals surface area contributed by atoms with Gasteiger partial charge >= 0.3 is 12.1 Å². The molecule has 0 saturated heterocycles. The lowest BCUT2D eigenvalue weighted by molar-refractivity contribution is -0.274. The van der Waals surface area contributed by atoms with Crippen molar-refractivity contribution in [2.24, 2.45) is 18.0 Å². The molecule has 0 aliphatic carbocycles. The Balaban J connectivity index is 2.06. The molecule has 3 aromatic rings. The van der Waals surface area contributed by atoms with Crippen LogP contribution in [0.1, 0.15) is 25.0 Å². The van der Waals surface area contributed by atoms with Crippen LogP contribution in [0.15, 0.2) is 69.2 Å². The van der Waals surface area contributed by atoms with Crippen molar-refractivity contribution in [2.75, 3.05) is 11.1 Å². The number of anilines is 2. The topological polar surface area (TPSA) is 104 Å². The molecule has 0 amide bonds. The molecule has 0 unspecified atom stereocenters. The lowest BCUT2D eigenvalue weighted by Crippen LogP contribution is -2.44. The number of ether oxygens (including phenoxy) is 1. The van der Waals surface area contributed by atoms with Crippen LogP contribution in [0.25, 0.3) is 0 Å². The molecule has 186 valence electrons. The zero-order valence-corrected chi connectivity index (χ0v) is 19.5. The Bertz CT molecular complexity index is 1310. The van der Waals surface area contributed by atoms with Crippen LogP contribution in [0.2, 0.25) is 0 Å². The average Bonchev–Trinajstić information content (AvgIpc) is 2.79. The minimum Gasteiger partial charge on any atom is -0.406 e. The first-order valence-corrected chi connectivity index (χ1v) is 10.8. The minimum absolute atomic E-state index is 0.0212. The monoisotopic (exact) mass is 489 g/mol. The molecule has 0 fully saturated rings. The highest BCUT2D eigenvalue weighted by atomic mass is 19.4. The number of halogens is 3. The zero-order chi connectivity index (χ0) is 25.8. The highest BCUT2D eigenvalue weighted by Crippen LogP contribution is 2.23. The predicted octanol–water partition coefficient (Wildman–Crippen LogP) is 3.74. The van der Waals surface area contributed by atoms with Crippen LogP contribution in [-0.4, -0.2) is 21.3 Å². The van der Waals surface area contributed by atoms with E-state index in [0.717, 1.165) is 4.57 Å². The van der Waals surface area contributed by atoms with Crippen molar-refractivity contribution in [3.63, 3.8) is 0 Å². The van der Waals surface area contributed by atoms with Gasteiger partial charge in [-0.05, 0) is 35.7 Å². The zero-order valence-electron chi connectivity index (χ0n) is 19.5. The molecule has 0 aliphatic rings. The second-order valence-corrected chi connectivity index (χ2v) is 8.26. The molecule has 35 heavy (non-hydrogen) atoms. The lowest BCUT2D eigenvalue weighted by atomic mass is 10.2. The molecule has 1 aromatic heterocycles. The van der Waals surface area contributed by atoms with Gasteiger partial charge in [-0.1, -0.05) is 44.2 Å². The summed E-state index contributed by atoms with van der Waals surface area (Å²) in [5, 5.41) is 3.08. The summed E-state index contributed by atoms with van der Waals surface area (Å²) in [5.41, 5.74) is 6.37. The number of para-hydroxylation sites is 1. The number of aliphatic imine (C=N–C) groups is 1. The number of nitrogens with two attached hydrogens (primary N) is 1. The predicted molar refractivity (Wildman–Crippen MR) is 129 cm³/mol. The summed E-state index contributed by atoms with van der Waals surface area (Å²) in [7, 11) is 1.37. The minimum atomic E-state index is -4.79. The molecule has 0 spiro atoms. The van der Waals surface area contributed by atoms with Gasteiger partial charge in [0.2, 0.25) is 0 Å². The maximum absolute atomic E-state index is 13.1. The van der Waals surface area contributed by atoms with E-state index in [4.69, 9.17) is 5.73 Å². The quantitative estimate of drug-likeness (QED) is 0.389. The van der Waals surface area contributed by atoms with Gasteiger partial charge in [0, 0.05) is 19.3 Å². The van der Waals surface area contributed by atoms with E-state index < -0.39 is 17.6 Å². The summed E-state index contributed by atoms with van der Waals surface area (Å²) in [4.78, 5) is 30.3. The molecule has 0 bridgehead atoms. The Morgan fingerprint density at radius 2 is 1.71 bits per heavy atom. The van der Waals surface area contributed by atoms with Crippen molar-refractivity contribution >= 4 is 17.3 Å². The third-order valence-electron chi connectivity index (χ3n) is 4.98. The third-order valence-corrected chi connectivity index (χ3v) is 4.98. The van der Waals surface area contributed by atoms with E-state index in [1.54, 1.807) is 24.3 Å². The molecule has 0 saturated carbocycles. The van der Waals surface area contributed by atoms with Gasteiger partial charge in [-0.3, -0.25) is 18.9 Å². The van der Waals surface area contributed by atoms with Crippen molar-refractivity contribution in [2.45, 2.75) is 33.3 Å². The Morgan fingerprint density at radius 3 is 2.29 bits per heavy atom. The first-order valence-electron chi connectivity index (χ1n) is 10.8. The van der Waals surface area contributed by atoms with Gasteiger partial charge in [0.05, 0.1) is 6.54 Å². The fourth-order valence-corrected chi connectivity index (χ4v) is 3.35. The molecular formula is C24H26F3N5O3. The van der Waals surface area contributed by atoms with Crippen molar-refractivity contribution in [1.29, 1.82) is 0 Å². The van der Waals surface area contributed by atoms with Gasteiger partial charge < -0.3 is 15.8 Å². The van der Waals surface area contributed by atoms with Crippen LogP contribution in [0, 0.1) is 5.92 Å². The highest BCUT2D eigenvalue weighted by Gasteiger charge is 2.31. The number of benzene rings is 2. The maximum atomic E-state index is 13.1. The van der Waals surface area contributed by atoms with Crippen molar-refractivity contribution < 1.29 is 17.9 Å². The number of aromatic nitrogens is 2. The second-order valence-electron chi connectivity index (χ2n) is 8.26. The number of nitrogen functional groups attached to an aromatic ring is 1. The van der Waals surface area contributed by atoms with E-state index in [1.807, 2.05) is 19.9 Å². The van der Waals surface area contributed by atoms with Gasteiger partial charge in [0.1, 0.15) is 23.0 Å². The first kappa shape index (κ1) is 25.6. The van der Waals surface area contributed by atoms with E-state index >= 15 is 0 Å².